The predicted octanol–water partition coefficient (Wildman–Crippen LogP) is 1.78. The molecule has 0 aromatic heterocycles. The second kappa shape index (κ2) is 8.87. The van der Waals surface area contributed by atoms with Crippen molar-refractivity contribution in [3.63, 3.8) is 0 Å². The third-order valence-electron chi connectivity index (χ3n) is 3.25. The fourth-order valence-corrected chi connectivity index (χ4v) is 2.90. The van der Waals surface area contributed by atoms with E-state index in [1.165, 1.54) is 26.2 Å². The van der Waals surface area contributed by atoms with E-state index in [4.69, 9.17) is 5.73 Å². The number of amides is 1. The fraction of sp³-hybridized carbons (Fsp3) is 0.533. The Labute approximate surface area is 132 Å². The molecule has 0 spiro atoms. The Balaban J connectivity index is 2.58. The van der Waals surface area contributed by atoms with Gasteiger partial charge in [0.05, 0.1) is 4.90 Å². The van der Waals surface area contributed by atoms with Crippen LogP contribution in [0.5, 0.6) is 0 Å². The van der Waals surface area contributed by atoms with Crippen LogP contribution in [-0.2, 0) is 14.8 Å². The lowest BCUT2D eigenvalue weighted by atomic mass is 10.1. The highest BCUT2D eigenvalue weighted by Crippen LogP contribution is 2.18. The minimum Gasteiger partial charge on any atom is -0.330 e. The Bertz CT molecular complexity index is 585. The van der Waals surface area contributed by atoms with Crippen molar-refractivity contribution in [3.8, 4) is 0 Å². The molecule has 0 atom stereocenters. The van der Waals surface area contributed by atoms with Gasteiger partial charge >= 0.3 is 0 Å². The molecule has 124 valence electrons. The lowest BCUT2D eigenvalue weighted by Gasteiger charge is -2.12. The fourth-order valence-electron chi connectivity index (χ4n) is 1.95. The number of hydrogen-bond acceptors (Lipinski definition) is 4. The molecule has 0 radical (unpaired) electrons. The number of carbonyl (C=O) groups is 1. The summed E-state index contributed by atoms with van der Waals surface area (Å²) in [5.41, 5.74) is 5.91. The van der Waals surface area contributed by atoms with E-state index in [9.17, 15) is 13.2 Å². The van der Waals surface area contributed by atoms with E-state index in [2.05, 4.69) is 5.32 Å². The zero-order valence-corrected chi connectivity index (χ0v) is 14.0. The lowest BCUT2D eigenvalue weighted by Crippen LogP contribution is -2.22. The van der Waals surface area contributed by atoms with E-state index in [0.29, 0.717) is 18.7 Å². The first-order valence-electron chi connectivity index (χ1n) is 7.40. The standard InChI is InChI=1S/C15H25N3O3S/c1-18(2)22(20,21)14-9-7-8-13(12-14)17-15(19)10-5-3-4-6-11-16/h7-9,12H,3-6,10-11,16H2,1-2H3,(H,17,19). The average molecular weight is 327 g/mol. The molecule has 22 heavy (non-hydrogen) atoms. The summed E-state index contributed by atoms with van der Waals surface area (Å²) >= 11 is 0. The van der Waals surface area contributed by atoms with Gasteiger partial charge in [-0.3, -0.25) is 4.79 Å². The molecule has 0 unspecified atom stereocenters. The molecule has 0 aliphatic heterocycles. The smallest absolute Gasteiger partial charge is 0.242 e. The molecule has 7 heteroatoms. The van der Waals surface area contributed by atoms with E-state index in [1.54, 1.807) is 12.1 Å². The SMILES string of the molecule is CN(C)S(=O)(=O)c1cccc(NC(=O)CCCCCCN)c1. The number of unbranched alkanes of at least 4 members (excludes halogenated alkanes) is 3. The number of rotatable bonds is 9. The second-order valence-corrected chi connectivity index (χ2v) is 7.47. The van der Waals surface area contributed by atoms with Crippen LogP contribution in [0.3, 0.4) is 0 Å². The van der Waals surface area contributed by atoms with Crippen molar-refractivity contribution in [1.29, 1.82) is 0 Å². The summed E-state index contributed by atoms with van der Waals surface area (Å²) in [5.74, 6) is -0.104. The Morgan fingerprint density at radius 2 is 1.86 bits per heavy atom. The zero-order chi connectivity index (χ0) is 16.6. The van der Waals surface area contributed by atoms with Gasteiger partial charge in [-0.25, -0.2) is 12.7 Å². The van der Waals surface area contributed by atoms with Crippen LogP contribution in [0.1, 0.15) is 32.1 Å². The highest BCUT2D eigenvalue weighted by Gasteiger charge is 2.17. The quantitative estimate of drug-likeness (QED) is 0.676. The van der Waals surface area contributed by atoms with E-state index in [1.807, 2.05) is 0 Å². The van der Waals surface area contributed by atoms with E-state index >= 15 is 0 Å². The molecule has 1 aromatic rings. The van der Waals surface area contributed by atoms with Gasteiger partial charge in [-0.2, -0.15) is 0 Å². The summed E-state index contributed by atoms with van der Waals surface area (Å²) in [6.07, 6.45) is 4.21. The summed E-state index contributed by atoms with van der Waals surface area (Å²) in [4.78, 5) is 12.0. The van der Waals surface area contributed by atoms with E-state index in [0.717, 1.165) is 30.0 Å². The van der Waals surface area contributed by atoms with Crippen molar-refractivity contribution < 1.29 is 13.2 Å². The van der Waals surface area contributed by atoms with Crippen LogP contribution in [0.25, 0.3) is 0 Å². The van der Waals surface area contributed by atoms with Crippen LogP contribution in [0, 0.1) is 0 Å². The molecule has 0 aliphatic carbocycles. The number of anilines is 1. The molecule has 0 saturated carbocycles. The summed E-state index contributed by atoms with van der Waals surface area (Å²) in [5, 5.41) is 2.74. The molecule has 1 rings (SSSR count). The molecule has 0 fully saturated rings. The Morgan fingerprint density at radius 3 is 2.50 bits per heavy atom. The van der Waals surface area contributed by atoms with Gasteiger partial charge in [0.25, 0.3) is 0 Å². The number of nitrogens with two attached hydrogens (primary N) is 1. The maximum absolute atomic E-state index is 12.0. The van der Waals surface area contributed by atoms with Crippen LogP contribution in [0.2, 0.25) is 0 Å². The number of hydrogen-bond donors (Lipinski definition) is 2. The number of sulfonamides is 1. The average Bonchev–Trinajstić information content (AvgIpc) is 2.47. The molecular formula is C15H25N3O3S. The van der Waals surface area contributed by atoms with Gasteiger partial charge in [0.1, 0.15) is 0 Å². The van der Waals surface area contributed by atoms with Crippen molar-refractivity contribution in [2.75, 3.05) is 26.0 Å². The first kappa shape index (κ1) is 18.6. The van der Waals surface area contributed by atoms with E-state index < -0.39 is 10.0 Å². The minimum atomic E-state index is -3.49. The molecule has 1 aromatic carbocycles. The van der Waals surface area contributed by atoms with Crippen LogP contribution in [-0.4, -0.2) is 39.3 Å². The summed E-state index contributed by atoms with van der Waals surface area (Å²) in [6.45, 7) is 0.680. The van der Waals surface area contributed by atoms with Gasteiger partial charge in [-0.1, -0.05) is 18.9 Å². The van der Waals surface area contributed by atoms with Crippen LogP contribution >= 0.6 is 0 Å². The Morgan fingerprint density at radius 1 is 1.18 bits per heavy atom. The van der Waals surface area contributed by atoms with Crippen LogP contribution in [0.4, 0.5) is 5.69 Å². The first-order valence-corrected chi connectivity index (χ1v) is 8.84. The number of nitrogens with one attached hydrogen (secondary N) is 1. The second-order valence-electron chi connectivity index (χ2n) is 5.32. The number of benzene rings is 1. The van der Waals surface area contributed by atoms with Gasteiger partial charge in [0, 0.05) is 26.2 Å². The lowest BCUT2D eigenvalue weighted by molar-refractivity contribution is -0.116. The summed E-state index contributed by atoms with van der Waals surface area (Å²) in [6, 6.07) is 6.29. The molecule has 3 N–H and O–H groups in total. The zero-order valence-electron chi connectivity index (χ0n) is 13.2. The molecule has 0 saturated heterocycles. The molecule has 0 bridgehead atoms. The van der Waals surface area contributed by atoms with Gasteiger partial charge in [0.2, 0.25) is 15.9 Å². The van der Waals surface area contributed by atoms with Crippen molar-refractivity contribution in [3.05, 3.63) is 24.3 Å². The molecule has 0 aliphatic rings. The van der Waals surface area contributed by atoms with Crippen molar-refractivity contribution >= 4 is 21.6 Å². The largest absolute Gasteiger partial charge is 0.330 e. The predicted molar refractivity (Wildman–Crippen MR) is 88.1 cm³/mol. The first-order chi connectivity index (χ1) is 10.4. The monoisotopic (exact) mass is 327 g/mol. The molecular weight excluding hydrogens is 302 g/mol. The summed E-state index contributed by atoms with van der Waals surface area (Å²) < 4.78 is 25.2. The maximum atomic E-state index is 12.0. The normalized spacial score (nSPS) is 11.6. The van der Waals surface area contributed by atoms with Gasteiger partial charge in [-0.05, 0) is 37.6 Å². The maximum Gasteiger partial charge on any atom is 0.242 e. The van der Waals surface area contributed by atoms with Gasteiger partial charge < -0.3 is 11.1 Å². The third kappa shape index (κ3) is 5.75. The highest BCUT2D eigenvalue weighted by atomic mass is 32.2. The minimum absolute atomic E-state index is 0.104. The van der Waals surface area contributed by atoms with Gasteiger partial charge in [-0.15, -0.1) is 0 Å². The Kier molecular flexibility index (Phi) is 7.50. The Hall–Kier alpha value is -1.44. The van der Waals surface area contributed by atoms with E-state index in [-0.39, 0.29) is 10.8 Å². The topological polar surface area (TPSA) is 92.5 Å². The van der Waals surface area contributed by atoms with Crippen molar-refractivity contribution in [2.45, 2.75) is 37.0 Å². The van der Waals surface area contributed by atoms with Crippen LogP contribution in [0.15, 0.2) is 29.2 Å². The number of nitrogens with zero attached hydrogens (tertiary/aromatic N) is 1. The molecule has 0 heterocycles. The third-order valence-corrected chi connectivity index (χ3v) is 5.07. The van der Waals surface area contributed by atoms with Crippen LogP contribution < -0.4 is 11.1 Å². The molecule has 1 amide bonds. The van der Waals surface area contributed by atoms with Gasteiger partial charge in [0.15, 0.2) is 0 Å². The van der Waals surface area contributed by atoms with Crippen molar-refractivity contribution in [2.24, 2.45) is 5.73 Å². The number of carbonyl (C=O) groups excluding carboxylic acids is 1. The van der Waals surface area contributed by atoms with Crippen molar-refractivity contribution in [1.82, 2.24) is 4.31 Å². The molecule has 6 nitrogen and oxygen atoms in total. The summed E-state index contributed by atoms with van der Waals surface area (Å²) in [7, 11) is -0.544. The highest BCUT2D eigenvalue weighted by molar-refractivity contribution is 7.89.